The van der Waals surface area contributed by atoms with Gasteiger partial charge in [0.15, 0.2) is 0 Å². The van der Waals surface area contributed by atoms with Gasteiger partial charge in [0.05, 0.1) is 11.8 Å². The zero-order valence-electron chi connectivity index (χ0n) is 11.6. The Morgan fingerprint density at radius 2 is 2.16 bits per heavy atom. The first-order valence-electron chi connectivity index (χ1n) is 6.63. The summed E-state index contributed by atoms with van der Waals surface area (Å²) >= 11 is 10.1. The lowest BCUT2D eigenvalue weighted by molar-refractivity contribution is 0.169. The second kappa shape index (κ2) is 6.74. The van der Waals surface area contributed by atoms with E-state index >= 15 is 0 Å². The number of hydrogen-bond donors (Lipinski definition) is 1. The van der Waals surface area contributed by atoms with Crippen LogP contribution in [0.3, 0.4) is 0 Å². The number of rotatable bonds is 4. The Labute approximate surface area is 128 Å². The summed E-state index contributed by atoms with van der Waals surface area (Å²) < 4.78 is 1.68. The minimum atomic E-state index is -0.344. The fourth-order valence-electron chi connectivity index (χ4n) is 2.53. The molecule has 19 heavy (non-hydrogen) atoms. The molecule has 0 bridgehead atoms. The van der Waals surface area contributed by atoms with E-state index in [0.717, 1.165) is 23.4 Å². The lowest BCUT2D eigenvalue weighted by atomic mass is 10.0. The molecule has 1 saturated heterocycles. The van der Waals surface area contributed by atoms with Crippen LogP contribution in [-0.2, 0) is 13.5 Å². The van der Waals surface area contributed by atoms with Gasteiger partial charge in [-0.05, 0) is 13.3 Å². The molecule has 2 heterocycles. The van der Waals surface area contributed by atoms with Crippen molar-refractivity contribution >= 4 is 35.1 Å². The van der Waals surface area contributed by atoms with Gasteiger partial charge in [0.2, 0.25) is 0 Å². The summed E-state index contributed by atoms with van der Waals surface area (Å²) in [4.78, 5) is 0. The van der Waals surface area contributed by atoms with Gasteiger partial charge >= 0.3 is 0 Å². The van der Waals surface area contributed by atoms with Crippen molar-refractivity contribution in [1.82, 2.24) is 9.78 Å². The van der Waals surface area contributed by atoms with Crippen LogP contribution in [0.1, 0.15) is 24.6 Å². The number of aromatic nitrogens is 2. The zero-order valence-corrected chi connectivity index (χ0v) is 14.0. The summed E-state index contributed by atoms with van der Waals surface area (Å²) in [7, 11) is 1.84. The number of aliphatic hydroxyl groups excluding tert-OH is 1. The van der Waals surface area contributed by atoms with E-state index < -0.39 is 0 Å². The van der Waals surface area contributed by atoms with Gasteiger partial charge in [0.1, 0.15) is 5.15 Å². The quantitative estimate of drug-likeness (QED) is 0.925. The third kappa shape index (κ3) is 3.43. The third-order valence-corrected chi connectivity index (χ3v) is 7.42. The average molecular weight is 321 g/mol. The molecule has 1 N–H and O–H groups in total. The second-order valence-electron chi connectivity index (χ2n) is 4.90. The maximum absolute atomic E-state index is 10.6. The predicted octanol–water partition coefficient (Wildman–Crippen LogP) is 2.91. The molecule has 1 aromatic heterocycles. The van der Waals surface area contributed by atoms with Gasteiger partial charge in [0.25, 0.3) is 0 Å². The standard InChI is InChI=1S/C13H21ClN2OS2/c1-4-11-12(19-6-5-18-11)10(17)7-9-8(2)15-16(3)13(9)14/h10-12,17H,4-7H2,1-3H3. The molecule has 0 aromatic carbocycles. The van der Waals surface area contributed by atoms with E-state index in [0.29, 0.717) is 22.1 Å². The van der Waals surface area contributed by atoms with Gasteiger partial charge in [-0.1, -0.05) is 18.5 Å². The van der Waals surface area contributed by atoms with Crippen molar-refractivity contribution in [3.05, 3.63) is 16.4 Å². The maximum Gasteiger partial charge on any atom is 0.130 e. The molecule has 3 atom stereocenters. The highest BCUT2D eigenvalue weighted by atomic mass is 35.5. The Morgan fingerprint density at radius 1 is 1.47 bits per heavy atom. The molecule has 1 aliphatic heterocycles. The molecule has 6 heteroatoms. The van der Waals surface area contributed by atoms with Crippen LogP contribution < -0.4 is 0 Å². The first-order chi connectivity index (χ1) is 9.04. The Bertz CT molecular complexity index is 439. The first-order valence-corrected chi connectivity index (χ1v) is 9.11. The topological polar surface area (TPSA) is 38.1 Å². The molecule has 0 spiro atoms. The van der Waals surface area contributed by atoms with E-state index in [9.17, 15) is 5.11 Å². The summed E-state index contributed by atoms with van der Waals surface area (Å²) in [5, 5.41) is 16.4. The summed E-state index contributed by atoms with van der Waals surface area (Å²) in [6.07, 6.45) is 1.37. The normalized spacial score (nSPS) is 25.5. The first kappa shape index (κ1) is 15.5. The van der Waals surface area contributed by atoms with Crippen molar-refractivity contribution in [2.24, 2.45) is 7.05 Å². The maximum atomic E-state index is 10.6. The van der Waals surface area contributed by atoms with Gasteiger partial charge in [0, 0.05) is 41.0 Å². The number of thioether (sulfide) groups is 2. The summed E-state index contributed by atoms with van der Waals surface area (Å²) in [5.74, 6) is 2.32. The number of halogens is 1. The second-order valence-corrected chi connectivity index (χ2v) is 7.89. The minimum absolute atomic E-state index is 0.305. The van der Waals surface area contributed by atoms with Gasteiger partial charge in [-0.3, -0.25) is 4.68 Å². The van der Waals surface area contributed by atoms with Gasteiger partial charge in [-0.15, -0.1) is 0 Å². The van der Waals surface area contributed by atoms with Crippen molar-refractivity contribution in [2.45, 2.75) is 43.3 Å². The molecule has 1 aromatic rings. The summed E-state index contributed by atoms with van der Waals surface area (Å²) in [6.45, 7) is 4.15. The lowest BCUT2D eigenvalue weighted by Gasteiger charge is -2.33. The molecule has 0 saturated carbocycles. The number of aryl methyl sites for hydroxylation is 2. The summed E-state index contributed by atoms with van der Waals surface area (Å²) in [6, 6.07) is 0. The van der Waals surface area contributed by atoms with Gasteiger partial charge < -0.3 is 5.11 Å². The van der Waals surface area contributed by atoms with Crippen molar-refractivity contribution in [1.29, 1.82) is 0 Å². The predicted molar refractivity (Wildman–Crippen MR) is 85.4 cm³/mol. The van der Waals surface area contributed by atoms with Crippen LogP contribution in [0.15, 0.2) is 0 Å². The minimum Gasteiger partial charge on any atom is -0.392 e. The smallest absolute Gasteiger partial charge is 0.130 e. The Kier molecular flexibility index (Phi) is 5.52. The molecular formula is C13H21ClN2OS2. The molecule has 1 aliphatic rings. The van der Waals surface area contributed by atoms with Gasteiger partial charge in [-0.2, -0.15) is 28.6 Å². The van der Waals surface area contributed by atoms with Crippen LogP contribution in [0.5, 0.6) is 0 Å². The fraction of sp³-hybridized carbons (Fsp3) is 0.769. The number of aliphatic hydroxyl groups is 1. The fourth-order valence-corrected chi connectivity index (χ4v) is 5.93. The molecule has 3 unspecified atom stereocenters. The van der Waals surface area contributed by atoms with E-state index in [-0.39, 0.29) is 6.10 Å². The SMILES string of the molecule is CCC1SCCSC1C(O)Cc1c(C)nn(C)c1Cl. The van der Waals surface area contributed by atoms with Crippen molar-refractivity contribution in [2.75, 3.05) is 11.5 Å². The molecule has 3 nitrogen and oxygen atoms in total. The molecule has 0 aliphatic carbocycles. The highest BCUT2D eigenvalue weighted by Crippen LogP contribution is 2.36. The van der Waals surface area contributed by atoms with Crippen molar-refractivity contribution in [3.63, 3.8) is 0 Å². The van der Waals surface area contributed by atoms with E-state index in [1.807, 2.05) is 37.5 Å². The zero-order chi connectivity index (χ0) is 14.0. The Balaban J connectivity index is 2.09. The van der Waals surface area contributed by atoms with Crippen molar-refractivity contribution < 1.29 is 5.11 Å². The molecule has 0 radical (unpaired) electrons. The van der Waals surface area contributed by atoms with E-state index in [4.69, 9.17) is 11.6 Å². The number of hydrogen-bond acceptors (Lipinski definition) is 4. The van der Waals surface area contributed by atoms with Crippen LogP contribution in [0.25, 0.3) is 0 Å². The summed E-state index contributed by atoms with van der Waals surface area (Å²) in [5.41, 5.74) is 1.91. The van der Waals surface area contributed by atoms with E-state index in [1.54, 1.807) is 4.68 Å². The molecule has 0 amide bonds. The van der Waals surface area contributed by atoms with Crippen LogP contribution in [0.2, 0.25) is 5.15 Å². The monoisotopic (exact) mass is 320 g/mol. The number of nitrogens with zero attached hydrogens (tertiary/aromatic N) is 2. The lowest BCUT2D eigenvalue weighted by Crippen LogP contribution is -2.37. The van der Waals surface area contributed by atoms with Crippen LogP contribution >= 0.6 is 35.1 Å². The molecule has 1 fully saturated rings. The van der Waals surface area contributed by atoms with Crippen LogP contribution in [0.4, 0.5) is 0 Å². The van der Waals surface area contributed by atoms with Crippen LogP contribution in [0, 0.1) is 6.92 Å². The van der Waals surface area contributed by atoms with E-state index in [1.165, 1.54) is 5.75 Å². The largest absolute Gasteiger partial charge is 0.392 e. The average Bonchev–Trinajstić information content (AvgIpc) is 2.65. The van der Waals surface area contributed by atoms with Crippen molar-refractivity contribution in [3.8, 4) is 0 Å². The molecular weight excluding hydrogens is 300 g/mol. The molecule has 2 rings (SSSR count). The highest BCUT2D eigenvalue weighted by molar-refractivity contribution is 8.07. The van der Waals surface area contributed by atoms with Gasteiger partial charge in [-0.25, -0.2) is 0 Å². The van der Waals surface area contributed by atoms with Crippen LogP contribution in [-0.4, -0.2) is 43.0 Å². The molecule has 108 valence electrons. The Hall–Kier alpha value is 0.160. The van der Waals surface area contributed by atoms with E-state index in [2.05, 4.69) is 12.0 Å². The highest BCUT2D eigenvalue weighted by Gasteiger charge is 2.32. The Morgan fingerprint density at radius 3 is 2.74 bits per heavy atom. The third-order valence-electron chi connectivity index (χ3n) is 3.56.